The third kappa shape index (κ3) is 5.66. The molecule has 0 saturated carbocycles. The molecule has 1 rings (SSSR count). The number of hydrogen-bond acceptors (Lipinski definition) is 1. The summed E-state index contributed by atoms with van der Waals surface area (Å²) in [6.07, 6.45) is 12.1. The van der Waals surface area contributed by atoms with Crippen LogP contribution in [-0.2, 0) is 0 Å². The van der Waals surface area contributed by atoms with Gasteiger partial charge in [-0.15, -0.1) is 0 Å². The second-order valence-corrected chi connectivity index (χ2v) is 5.07. The summed E-state index contributed by atoms with van der Waals surface area (Å²) in [5.74, 6) is 0.866. The first-order valence-corrected chi connectivity index (χ1v) is 6.26. The number of rotatable bonds is 6. The molecule has 0 unspecified atom stereocenters. The van der Waals surface area contributed by atoms with Crippen molar-refractivity contribution < 1.29 is 0 Å². The molecule has 1 heterocycles. The first kappa shape index (κ1) is 12.4. The molecule has 0 radical (unpaired) electrons. The van der Waals surface area contributed by atoms with Crippen molar-refractivity contribution in [1.82, 2.24) is 4.90 Å². The maximum Gasteiger partial charge on any atom is 0.0383 e. The van der Waals surface area contributed by atoms with E-state index in [4.69, 9.17) is 0 Å². The first-order chi connectivity index (χ1) is 7.18. The van der Waals surface area contributed by atoms with E-state index in [1.165, 1.54) is 37.8 Å². The normalized spacial score (nSPS) is 16.0. The largest absolute Gasteiger partial charge is 0.373 e. The minimum absolute atomic E-state index is 0.866. The lowest BCUT2D eigenvalue weighted by Crippen LogP contribution is -2.22. The van der Waals surface area contributed by atoms with Crippen LogP contribution in [-0.4, -0.2) is 18.0 Å². The van der Waals surface area contributed by atoms with Crippen LogP contribution in [0, 0.1) is 5.92 Å². The predicted molar refractivity (Wildman–Crippen MR) is 67.8 cm³/mol. The molecule has 0 aromatic heterocycles. The summed E-state index contributed by atoms with van der Waals surface area (Å²) in [6, 6.07) is 0. The summed E-state index contributed by atoms with van der Waals surface area (Å²) in [5.41, 5.74) is 1.47. The zero-order valence-electron chi connectivity index (χ0n) is 10.5. The van der Waals surface area contributed by atoms with Gasteiger partial charge >= 0.3 is 0 Å². The smallest absolute Gasteiger partial charge is 0.0383 e. The van der Waals surface area contributed by atoms with E-state index < -0.39 is 0 Å². The molecule has 0 saturated heterocycles. The SMILES string of the molecule is CC1=CC=CN(CCCCCC(C)C)C1. The summed E-state index contributed by atoms with van der Waals surface area (Å²) in [6.45, 7) is 9.17. The molecule has 1 heteroatoms. The lowest BCUT2D eigenvalue weighted by molar-refractivity contribution is 0.381. The van der Waals surface area contributed by atoms with Gasteiger partial charge in [0.05, 0.1) is 0 Å². The highest BCUT2D eigenvalue weighted by Gasteiger charge is 2.03. The minimum Gasteiger partial charge on any atom is -0.373 e. The molecule has 0 N–H and O–H groups in total. The molecule has 1 aliphatic heterocycles. The van der Waals surface area contributed by atoms with Gasteiger partial charge in [0.25, 0.3) is 0 Å². The maximum absolute atomic E-state index is 2.42. The van der Waals surface area contributed by atoms with Crippen molar-refractivity contribution in [1.29, 1.82) is 0 Å². The van der Waals surface area contributed by atoms with Crippen LogP contribution in [0.5, 0.6) is 0 Å². The fraction of sp³-hybridized carbons (Fsp3) is 0.714. The van der Waals surface area contributed by atoms with Gasteiger partial charge in [0.1, 0.15) is 0 Å². The molecular weight excluding hydrogens is 182 g/mol. The van der Waals surface area contributed by atoms with Crippen LogP contribution in [0.3, 0.4) is 0 Å². The lowest BCUT2D eigenvalue weighted by Gasteiger charge is -2.23. The van der Waals surface area contributed by atoms with Crippen molar-refractivity contribution in [3.8, 4) is 0 Å². The standard InChI is InChI=1S/C14H25N/c1-13(2)8-5-4-6-10-15-11-7-9-14(3)12-15/h7,9,11,13H,4-6,8,10,12H2,1-3H3. The topological polar surface area (TPSA) is 3.24 Å². The van der Waals surface area contributed by atoms with Gasteiger partial charge in [-0.3, -0.25) is 0 Å². The van der Waals surface area contributed by atoms with Crippen LogP contribution in [0.2, 0.25) is 0 Å². The van der Waals surface area contributed by atoms with E-state index in [-0.39, 0.29) is 0 Å². The van der Waals surface area contributed by atoms with Crippen molar-refractivity contribution in [2.24, 2.45) is 5.92 Å². The van der Waals surface area contributed by atoms with Gasteiger partial charge in [0, 0.05) is 13.1 Å². The molecule has 1 aliphatic rings. The van der Waals surface area contributed by atoms with E-state index in [2.05, 4.69) is 44.0 Å². The average molecular weight is 207 g/mol. The summed E-state index contributed by atoms with van der Waals surface area (Å²) in [7, 11) is 0. The van der Waals surface area contributed by atoms with Crippen molar-refractivity contribution in [3.05, 3.63) is 23.9 Å². The van der Waals surface area contributed by atoms with Crippen LogP contribution >= 0.6 is 0 Å². The van der Waals surface area contributed by atoms with E-state index >= 15 is 0 Å². The predicted octanol–water partition coefficient (Wildman–Crippen LogP) is 3.98. The quantitative estimate of drug-likeness (QED) is 0.595. The van der Waals surface area contributed by atoms with Crippen LogP contribution in [0.15, 0.2) is 23.9 Å². The van der Waals surface area contributed by atoms with Crippen LogP contribution in [0.1, 0.15) is 46.5 Å². The average Bonchev–Trinajstić information content (AvgIpc) is 2.17. The molecule has 1 nitrogen and oxygen atoms in total. The molecule has 0 aliphatic carbocycles. The second-order valence-electron chi connectivity index (χ2n) is 5.07. The molecule has 0 spiro atoms. The molecule has 0 atom stereocenters. The molecule has 15 heavy (non-hydrogen) atoms. The summed E-state index contributed by atoms with van der Waals surface area (Å²) < 4.78 is 0. The van der Waals surface area contributed by atoms with Gasteiger partial charge in [0.2, 0.25) is 0 Å². The van der Waals surface area contributed by atoms with E-state index in [9.17, 15) is 0 Å². The van der Waals surface area contributed by atoms with E-state index in [1.54, 1.807) is 0 Å². The van der Waals surface area contributed by atoms with Crippen LogP contribution < -0.4 is 0 Å². The highest BCUT2D eigenvalue weighted by molar-refractivity contribution is 5.16. The summed E-state index contributed by atoms with van der Waals surface area (Å²) >= 11 is 0. The van der Waals surface area contributed by atoms with Crippen LogP contribution in [0.4, 0.5) is 0 Å². The van der Waals surface area contributed by atoms with E-state index in [0.717, 1.165) is 12.5 Å². The molecule has 0 aromatic rings. The van der Waals surface area contributed by atoms with Gasteiger partial charge in [-0.2, -0.15) is 0 Å². The summed E-state index contributed by atoms with van der Waals surface area (Å²) in [5, 5.41) is 0. The second kappa shape index (κ2) is 6.71. The molecule has 0 amide bonds. The Morgan fingerprint density at radius 3 is 2.73 bits per heavy atom. The minimum atomic E-state index is 0.866. The Morgan fingerprint density at radius 1 is 1.27 bits per heavy atom. The zero-order valence-corrected chi connectivity index (χ0v) is 10.5. The van der Waals surface area contributed by atoms with Crippen molar-refractivity contribution >= 4 is 0 Å². The van der Waals surface area contributed by atoms with Crippen molar-refractivity contribution in [2.75, 3.05) is 13.1 Å². The molecular formula is C14H25N. The Hall–Kier alpha value is -0.720. The Kier molecular flexibility index (Phi) is 5.52. The Morgan fingerprint density at radius 2 is 2.07 bits per heavy atom. The number of nitrogens with zero attached hydrogens (tertiary/aromatic N) is 1. The Balaban J connectivity index is 2.01. The molecule has 0 bridgehead atoms. The monoisotopic (exact) mass is 207 g/mol. The molecule has 86 valence electrons. The lowest BCUT2D eigenvalue weighted by atomic mass is 10.1. The molecule has 0 aromatic carbocycles. The van der Waals surface area contributed by atoms with Crippen LogP contribution in [0.25, 0.3) is 0 Å². The summed E-state index contributed by atoms with van der Waals surface area (Å²) in [4.78, 5) is 2.42. The third-order valence-electron chi connectivity index (χ3n) is 2.86. The number of allylic oxidation sites excluding steroid dienone is 2. The van der Waals surface area contributed by atoms with Crippen molar-refractivity contribution in [3.63, 3.8) is 0 Å². The van der Waals surface area contributed by atoms with Gasteiger partial charge in [-0.25, -0.2) is 0 Å². The zero-order chi connectivity index (χ0) is 11.1. The first-order valence-electron chi connectivity index (χ1n) is 6.26. The Labute approximate surface area is 94.9 Å². The Bertz CT molecular complexity index is 225. The fourth-order valence-corrected chi connectivity index (χ4v) is 1.95. The van der Waals surface area contributed by atoms with Crippen molar-refractivity contribution in [2.45, 2.75) is 46.5 Å². The van der Waals surface area contributed by atoms with Gasteiger partial charge in [-0.05, 0) is 31.5 Å². The molecule has 0 fully saturated rings. The highest BCUT2D eigenvalue weighted by Crippen LogP contribution is 2.11. The van der Waals surface area contributed by atoms with E-state index in [0.29, 0.717) is 0 Å². The highest BCUT2D eigenvalue weighted by atomic mass is 15.1. The fourth-order valence-electron chi connectivity index (χ4n) is 1.95. The number of hydrogen-bond donors (Lipinski definition) is 0. The maximum atomic E-state index is 2.42. The number of unbranched alkanes of at least 4 members (excludes halogenated alkanes) is 2. The van der Waals surface area contributed by atoms with Gasteiger partial charge in [-0.1, -0.05) is 44.8 Å². The van der Waals surface area contributed by atoms with Gasteiger partial charge in [0.15, 0.2) is 0 Å². The van der Waals surface area contributed by atoms with Gasteiger partial charge < -0.3 is 4.90 Å². The van der Waals surface area contributed by atoms with E-state index in [1.807, 2.05) is 0 Å². The third-order valence-corrected chi connectivity index (χ3v) is 2.86.